The molecule has 1 unspecified atom stereocenters. The van der Waals surface area contributed by atoms with E-state index in [1.54, 1.807) is 36.9 Å². The number of methoxy groups -OCH3 is 1. The molecule has 0 aliphatic carbocycles. The number of aryl methyl sites for hydroxylation is 1. The van der Waals surface area contributed by atoms with E-state index in [4.69, 9.17) is 9.73 Å². The molecule has 164 valence electrons. The van der Waals surface area contributed by atoms with Gasteiger partial charge in [0.05, 0.1) is 18.4 Å². The zero-order valence-corrected chi connectivity index (χ0v) is 18.4. The van der Waals surface area contributed by atoms with Crippen molar-refractivity contribution in [3.05, 3.63) is 93.2 Å². The van der Waals surface area contributed by atoms with Crippen molar-refractivity contribution >= 4 is 11.5 Å². The van der Waals surface area contributed by atoms with E-state index in [0.717, 1.165) is 33.4 Å². The van der Waals surface area contributed by atoms with Gasteiger partial charge in [0.15, 0.2) is 0 Å². The number of nitrogens with zero attached hydrogens (tertiary/aromatic N) is 2. The monoisotopic (exact) mass is 432 g/mol. The van der Waals surface area contributed by atoms with E-state index < -0.39 is 6.04 Å². The molecule has 1 aromatic heterocycles. The first-order valence-electron chi connectivity index (χ1n) is 10.6. The number of benzene rings is 2. The van der Waals surface area contributed by atoms with E-state index in [1.807, 2.05) is 31.3 Å². The van der Waals surface area contributed by atoms with Crippen molar-refractivity contribution in [1.29, 1.82) is 0 Å². The Morgan fingerprint density at radius 3 is 2.53 bits per heavy atom. The first kappa shape index (κ1) is 21.8. The van der Waals surface area contributed by atoms with Crippen LogP contribution in [0.1, 0.15) is 41.6 Å². The second kappa shape index (κ2) is 9.01. The fraction of sp³-hybridized carbons (Fsp3) is 0.269. The quantitative estimate of drug-likeness (QED) is 0.585. The first-order chi connectivity index (χ1) is 15.4. The number of hydrogen-bond acceptors (Lipinski definition) is 4. The standard InChI is InChI=1S/C26H25FN2O3/c1-4-19(30)11-16-5-10-20-21(12-16)23-14-29(2)25(31)13-22(23)24(15-32-3)28-26(20)17-6-8-18(27)9-7-17/h5-10,12-14,24H,4,11,15H2,1-3H3. The van der Waals surface area contributed by atoms with Gasteiger partial charge in [-0.25, -0.2) is 4.39 Å². The molecule has 1 atom stereocenters. The smallest absolute Gasteiger partial charge is 0.250 e. The third-order valence-electron chi connectivity index (χ3n) is 5.77. The molecule has 32 heavy (non-hydrogen) atoms. The van der Waals surface area contributed by atoms with Gasteiger partial charge in [-0.2, -0.15) is 0 Å². The van der Waals surface area contributed by atoms with Crippen LogP contribution >= 0.6 is 0 Å². The molecule has 0 fully saturated rings. The Morgan fingerprint density at radius 1 is 1.09 bits per heavy atom. The Bertz CT molecular complexity index is 1260. The van der Waals surface area contributed by atoms with Crippen LogP contribution in [0.3, 0.4) is 0 Å². The summed E-state index contributed by atoms with van der Waals surface area (Å²) in [7, 11) is 3.31. The Balaban J connectivity index is 2.00. The minimum absolute atomic E-state index is 0.135. The fourth-order valence-corrected chi connectivity index (χ4v) is 4.05. The van der Waals surface area contributed by atoms with Gasteiger partial charge in [0.2, 0.25) is 0 Å². The number of ether oxygens (including phenoxy) is 1. The highest BCUT2D eigenvalue weighted by Gasteiger charge is 2.26. The highest BCUT2D eigenvalue weighted by Crippen LogP contribution is 2.37. The molecule has 0 N–H and O–H groups in total. The van der Waals surface area contributed by atoms with Gasteiger partial charge in [-0.05, 0) is 47.0 Å². The van der Waals surface area contributed by atoms with Crippen molar-refractivity contribution in [2.24, 2.45) is 12.0 Å². The van der Waals surface area contributed by atoms with Crippen LogP contribution in [0, 0.1) is 5.82 Å². The molecular weight excluding hydrogens is 407 g/mol. The topological polar surface area (TPSA) is 60.7 Å². The number of aliphatic imine (C=N–C) groups is 1. The molecule has 5 nitrogen and oxygen atoms in total. The lowest BCUT2D eigenvalue weighted by Gasteiger charge is -2.16. The maximum atomic E-state index is 13.6. The predicted molar refractivity (Wildman–Crippen MR) is 123 cm³/mol. The van der Waals surface area contributed by atoms with Gasteiger partial charge < -0.3 is 9.30 Å². The van der Waals surface area contributed by atoms with Crippen LogP contribution in [0.15, 0.2) is 64.5 Å². The summed E-state index contributed by atoms with van der Waals surface area (Å²) < 4.78 is 20.6. The number of aromatic nitrogens is 1. The molecule has 3 aromatic rings. The van der Waals surface area contributed by atoms with Crippen LogP contribution < -0.4 is 5.56 Å². The van der Waals surface area contributed by atoms with Gasteiger partial charge in [-0.1, -0.05) is 19.1 Å². The molecule has 6 heteroatoms. The largest absolute Gasteiger partial charge is 0.382 e. The summed E-state index contributed by atoms with van der Waals surface area (Å²) in [4.78, 5) is 29.6. The molecule has 0 amide bonds. The summed E-state index contributed by atoms with van der Waals surface area (Å²) in [6, 6.07) is 13.3. The molecule has 0 radical (unpaired) electrons. The lowest BCUT2D eigenvalue weighted by atomic mass is 9.90. The summed E-state index contributed by atoms with van der Waals surface area (Å²) in [5.74, 6) is -0.166. The minimum atomic E-state index is -0.405. The number of hydrogen-bond donors (Lipinski definition) is 0. The number of carbonyl (C=O) groups excluding carboxylic acids is 1. The summed E-state index contributed by atoms with van der Waals surface area (Å²) >= 11 is 0. The first-order valence-corrected chi connectivity index (χ1v) is 10.6. The van der Waals surface area contributed by atoms with Crippen LogP contribution in [0.25, 0.3) is 11.1 Å². The van der Waals surface area contributed by atoms with Crippen molar-refractivity contribution < 1.29 is 13.9 Å². The fourth-order valence-electron chi connectivity index (χ4n) is 4.05. The number of carbonyl (C=O) groups is 1. The molecule has 2 aromatic carbocycles. The van der Waals surface area contributed by atoms with E-state index >= 15 is 0 Å². The molecule has 2 heterocycles. The molecule has 0 spiro atoms. The van der Waals surface area contributed by atoms with Gasteiger partial charge in [0.1, 0.15) is 11.6 Å². The summed E-state index contributed by atoms with van der Waals surface area (Å²) in [5.41, 5.74) is 5.63. The number of pyridine rings is 1. The lowest BCUT2D eigenvalue weighted by molar-refractivity contribution is -0.118. The van der Waals surface area contributed by atoms with Crippen LogP contribution in [-0.2, 0) is 23.0 Å². The minimum Gasteiger partial charge on any atom is -0.382 e. The molecule has 0 saturated carbocycles. The Morgan fingerprint density at radius 2 is 1.84 bits per heavy atom. The normalized spacial score (nSPS) is 14.9. The summed E-state index contributed by atoms with van der Waals surface area (Å²) in [6.07, 6.45) is 2.63. The molecule has 4 rings (SSSR count). The van der Waals surface area contributed by atoms with E-state index in [-0.39, 0.29) is 17.2 Å². The number of Topliss-reactive ketones (excluding diaryl/α,β-unsaturated/α-hetero) is 1. The molecule has 1 aliphatic heterocycles. The van der Waals surface area contributed by atoms with Gasteiger partial charge in [-0.15, -0.1) is 0 Å². The Hall–Kier alpha value is -3.38. The Labute approximate surface area is 186 Å². The van der Waals surface area contributed by atoms with Gasteiger partial charge in [-0.3, -0.25) is 14.6 Å². The van der Waals surface area contributed by atoms with Gasteiger partial charge in [0.25, 0.3) is 5.56 Å². The third kappa shape index (κ3) is 4.18. The van der Waals surface area contributed by atoms with Crippen molar-refractivity contribution in [3.8, 4) is 11.1 Å². The maximum absolute atomic E-state index is 13.6. The maximum Gasteiger partial charge on any atom is 0.250 e. The van der Waals surface area contributed by atoms with E-state index in [2.05, 4.69) is 0 Å². The van der Waals surface area contributed by atoms with Crippen molar-refractivity contribution in [2.45, 2.75) is 25.8 Å². The SMILES string of the molecule is CCC(=O)Cc1ccc2c(c1)-c1cn(C)c(=O)cc1C(COC)N=C2c1ccc(F)cc1. The zero-order valence-electron chi connectivity index (χ0n) is 18.4. The summed E-state index contributed by atoms with van der Waals surface area (Å²) in [6.45, 7) is 2.14. The number of rotatable bonds is 6. The predicted octanol–water partition coefficient (Wildman–Crippen LogP) is 4.25. The average molecular weight is 432 g/mol. The highest BCUT2D eigenvalue weighted by molar-refractivity contribution is 6.17. The van der Waals surface area contributed by atoms with Gasteiger partial charge >= 0.3 is 0 Å². The number of halogens is 1. The number of fused-ring (bicyclic) bond motifs is 3. The van der Waals surface area contributed by atoms with Crippen molar-refractivity contribution in [1.82, 2.24) is 4.57 Å². The number of ketones is 1. The zero-order chi connectivity index (χ0) is 22.8. The molecule has 0 saturated heterocycles. The van der Waals surface area contributed by atoms with Crippen LogP contribution in [0.4, 0.5) is 4.39 Å². The molecule has 1 aliphatic rings. The molecule has 0 bridgehead atoms. The van der Waals surface area contributed by atoms with E-state index in [0.29, 0.717) is 25.2 Å². The second-order valence-corrected chi connectivity index (χ2v) is 8.00. The summed E-state index contributed by atoms with van der Waals surface area (Å²) in [5, 5.41) is 0. The highest BCUT2D eigenvalue weighted by atomic mass is 19.1. The van der Waals surface area contributed by atoms with Crippen molar-refractivity contribution in [2.75, 3.05) is 13.7 Å². The van der Waals surface area contributed by atoms with Crippen LogP contribution in [-0.4, -0.2) is 29.8 Å². The molecular formula is C26H25FN2O3. The third-order valence-corrected chi connectivity index (χ3v) is 5.77. The van der Waals surface area contributed by atoms with Crippen LogP contribution in [0.5, 0.6) is 0 Å². The van der Waals surface area contributed by atoms with E-state index in [1.165, 1.54) is 12.1 Å². The Kier molecular flexibility index (Phi) is 6.15. The van der Waals surface area contributed by atoms with Crippen LogP contribution in [0.2, 0.25) is 0 Å². The van der Waals surface area contributed by atoms with E-state index in [9.17, 15) is 14.0 Å². The lowest BCUT2D eigenvalue weighted by Crippen LogP contribution is -2.18. The average Bonchev–Trinajstić information content (AvgIpc) is 2.90. The van der Waals surface area contributed by atoms with Gasteiger partial charge in [0, 0.05) is 56.0 Å². The second-order valence-electron chi connectivity index (χ2n) is 8.00. The van der Waals surface area contributed by atoms with Crippen molar-refractivity contribution in [3.63, 3.8) is 0 Å².